The van der Waals surface area contributed by atoms with Gasteiger partial charge in [0, 0.05) is 12.5 Å². The van der Waals surface area contributed by atoms with Crippen molar-refractivity contribution in [2.75, 3.05) is 25.0 Å². The lowest BCUT2D eigenvalue weighted by atomic mass is 10.1. The molecule has 0 unspecified atom stereocenters. The Kier molecular flexibility index (Phi) is 5.43. The second-order valence-electron chi connectivity index (χ2n) is 7.55. The summed E-state index contributed by atoms with van der Waals surface area (Å²) < 4.78 is 1.94. The first-order chi connectivity index (χ1) is 12.8. The minimum absolute atomic E-state index is 0.0832. The summed E-state index contributed by atoms with van der Waals surface area (Å²) in [4.78, 5) is 23.6. The minimum Gasteiger partial charge on any atom is -0.310 e. The number of nitrogens with zero attached hydrogens (tertiary/aromatic N) is 5. The van der Waals surface area contributed by atoms with Gasteiger partial charge in [0.15, 0.2) is 5.65 Å². The number of rotatable bonds is 5. The van der Waals surface area contributed by atoms with Gasteiger partial charge in [0.05, 0.1) is 18.1 Å². The molecule has 26 heavy (non-hydrogen) atoms. The lowest BCUT2D eigenvalue weighted by Crippen LogP contribution is -2.28. The van der Waals surface area contributed by atoms with E-state index in [0.717, 1.165) is 49.8 Å². The summed E-state index contributed by atoms with van der Waals surface area (Å²) in [5.74, 6) is 0.797. The van der Waals surface area contributed by atoms with Crippen molar-refractivity contribution in [3.8, 4) is 0 Å². The molecule has 1 saturated heterocycles. The summed E-state index contributed by atoms with van der Waals surface area (Å²) in [6.45, 7) is 4.16. The third-order valence-electron chi connectivity index (χ3n) is 5.73. The molecule has 0 atom stereocenters. The summed E-state index contributed by atoms with van der Waals surface area (Å²) >= 11 is 0. The van der Waals surface area contributed by atoms with Crippen LogP contribution in [0.3, 0.4) is 0 Å². The third-order valence-corrected chi connectivity index (χ3v) is 5.73. The average molecular weight is 356 g/mol. The first kappa shape index (κ1) is 17.4. The quantitative estimate of drug-likeness (QED) is 0.891. The largest absolute Gasteiger partial charge is 0.310 e. The highest BCUT2D eigenvalue weighted by molar-refractivity contribution is 5.99. The molecular weight excluding hydrogens is 328 g/mol. The van der Waals surface area contributed by atoms with Gasteiger partial charge in [0.25, 0.3) is 0 Å². The van der Waals surface area contributed by atoms with Crippen LogP contribution in [0.15, 0.2) is 12.5 Å². The van der Waals surface area contributed by atoms with Crippen molar-refractivity contribution in [2.24, 2.45) is 5.92 Å². The van der Waals surface area contributed by atoms with Gasteiger partial charge in [0.1, 0.15) is 12.1 Å². The number of nitrogens with one attached hydrogen (secondary N) is 1. The molecule has 7 heteroatoms. The molecule has 7 nitrogen and oxygen atoms in total. The fourth-order valence-electron chi connectivity index (χ4n) is 4.16. The molecular formula is C19H28N6O. The molecule has 1 N–H and O–H groups in total. The highest BCUT2D eigenvalue weighted by Gasteiger charge is 2.24. The van der Waals surface area contributed by atoms with Crippen LogP contribution in [-0.2, 0) is 11.3 Å². The average Bonchev–Trinajstić information content (AvgIpc) is 3.26. The minimum atomic E-state index is 0.0832. The number of aromatic nitrogens is 4. The van der Waals surface area contributed by atoms with Crippen LogP contribution < -0.4 is 5.32 Å². The Hall–Kier alpha value is -2.02. The molecule has 2 aliphatic rings. The first-order valence-electron chi connectivity index (χ1n) is 10.0. The zero-order valence-corrected chi connectivity index (χ0v) is 15.4. The van der Waals surface area contributed by atoms with Crippen molar-refractivity contribution < 1.29 is 4.79 Å². The van der Waals surface area contributed by atoms with Crippen molar-refractivity contribution >= 4 is 22.8 Å². The molecule has 0 radical (unpaired) electrons. The fraction of sp³-hybridized carbons (Fsp3) is 0.684. The molecule has 1 aliphatic heterocycles. The first-order valence-corrected chi connectivity index (χ1v) is 10.0. The smallest absolute Gasteiger partial charge is 0.228 e. The van der Waals surface area contributed by atoms with E-state index in [9.17, 15) is 4.79 Å². The monoisotopic (exact) mass is 356 g/mol. The number of anilines is 1. The fourth-order valence-corrected chi connectivity index (χ4v) is 4.16. The highest BCUT2D eigenvalue weighted by atomic mass is 16.1. The Labute approximate surface area is 154 Å². The molecule has 2 aromatic heterocycles. The molecule has 2 fully saturated rings. The Morgan fingerprint density at radius 2 is 1.81 bits per heavy atom. The number of fused-ring (bicyclic) bond motifs is 1. The van der Waals surface area contributed by atoms with Crippen LogP contribution in [0.1, 0.15) is 51.4 Å². The molecule has 3 heterocycles. The maximum Gasteiger partial charge on any atom is 0.228 e. The van der Waals surface area contributed by atoms with E-state index in [1.165, 1.54) is 45.1 Å². The maximum atomic E-state index is 12.4. The zero-order chi connectivity index (χ0) is 17.8. The molecule has 0 spiro atoms. The summed E-state index contributed by atoms with van der Waals surface area (Å²) in [5, 5.41) is 8.33. The number of carbonyl (C=O) groups excluding carboxylic acids is 1. The number of likely N-dealkylation sites (tertiary alicyclic amines) is 1. The third kappa shape index (κ3) is 3.87. The summed E-state index contributed by atoms with van der Waals surface area (Å²) in [6, 6.07) is 0. The van der Waals surface area contributed by atoms with Gasteiger partial charge in [-0.25, -0.2) is 14.6 Å². The number of amides is 1. The van der Waals surface area contributed by atoms with Crippen molar-refractivity contribution in [3.63, 3.8) is 0 Å². The van der Waals surface area contributed by atoms with Crippen LogP contribution in [0.2, 0.25) is 0 Å². The van der Waals surface area contributed by atoms with Gasteiger partial charge < -0.3 is 10.2 Å². The molecule has 1 saturated carbocycles. The van der Waals surface area contributed by atoms with E-state index in [1.54, 1.807) is 6.20 Å². The molecule has 0 aromatic carbocycles. The van der Waals surface area contributed by atoms with Crippen LogP contribution in [0.4, 0.5) is 5.82 Å². The van der Waals surface area contributed by atoms with E-state index >= 15 is 0 Å². The Morgan fingerprint density at radius 1 is 1.04 bits per heavy atom. The Balaban J connectivity index is 1.45. The second kappa shape index (κ2) is 8.12. The van der Waals surface area contributed by atoms with E-state index < -0.39 is 0 Å². The zero-order valence-electron chi connectivity index (χ0n) is 15.4. The molecule has 1 aliphatic carbocycles. The number of carbonyl (C=O) groups is 1. The normalized spacial score (nSPS) is 19.7. The maximum absolute atomic E-state index is 12.4. The Morgan fingerprint density at radius 3 is 2.58 bits per heavy atom. The number of hydrogen-bond donors (Lipinski definition) is 1. The van der Waals surface area contributed by atoms with E-state index in [4.69, 9.17) is 0 Å². The highest BCUT2D eigenvalue weighted by Crippen LogP contribution is 2.27. The van der Waals surface area contributed by atoms with Crippen LogP contribution in [0, 0.1) is 5.92 Å². The van der Waals surface area contributed by atoms with Gasteiger partial charge in [-0.05, 0) is 38.8 Å². The van der Waals surface area contributed by atoms with E-state index in [-0.39, 0.29) is 11.8 Å². The molecule has 2 aromatic rings. The van der Waals surface area contributed by atoms with Crippen molar-refractivity contribution in [1.82, 2.24) is 24.6 Å². The summed E-state index contributed by atoms with van der Waals surface area (Å²) in [6.07, 6.45) is 12.8. The van der Waals surface area contributed by atoms with Gasteiger partial charge >= 0.3 is 0 Å². The van der Waals surface area contributed by atoms with Crippen LogP contribution in [0.25, 0.3) is 11.0 Å². The lowest BCUT2D eigenvalue weighted by molar-refractivity contribution is -0.119. The number of hydrogen-bond acceptors (Lipinski definition) is 5. The summed E-state index contributed by atoms with van der Waals surface area (Å²) in [5.41, 5.74) is 0.802. The van der Waals surface area contributed by atoms with Gasteiger partial charge in [-0.3, -0.25) is 4.79 Å². The molecule has 4 rings (SSSR count). The molecule has 0 bridgehead atoms. The van der Waals surface area contributed by atoms with Crippen molar-refractivity contribution in [1.29, 1.82) is 0 Å². The lowest BCUT2D eigenvalue weighted by Gasteiger charge is -2.19. The summed E-state index contributed by atoms with van der Waals surface area (Å²) in [7, 11) is 0. The molecule has 1 amide bonds. The second-order valence-corrected chi connectivity index (χ2v) is 7.55. The van der Waals surface area contributed by atoms with Gasteiger partial charge in [0.2, 0.25) is 5.91 Å². The van der Waals surface area contributed by atoms with Gasteiger partial charge in [-0.2, -0.15) is 5.10 Å². The standard InChI is InChI=1S/C19H28N6O/c26-19(15-7-3-4-8-15)23-17-16-13-22-25(18(16)21-14-20-17)12-11-24-9-5-1-2-6-10-24/h13-15H,1-12H2,(H,20,21,23,26). The molecule has 140 valence electrons. The van der Waals surface area contributed by atoms with Crippen molar-refractivity contribution in [2.45, 2.75) is 57.9 Å². The van der Waals surface area contributed by atoms with E-state index in [2.05, 4.69) is 25.3 Å². The van der Waals surface area contributed by atoms with E-state index in [0.29, 0.717) is 5.82 Å². The topological polar surface area (TPSA) is 75.9 Å². The van der Waals surface area contributed by atoms with Crippen LogP contribution in [0.5, 0.6) is 0 Å². The van der Waals surface area contributed by atoms with Crippen LogP contribution >= 0.6 is 0 Å². The SMILES string of the molecule is O=C(Nc1ncnc2c1cnn2CCN1CCCCCC1)C1CCCC1. The predicted octanol–water partition coefficient (Wildman–Crippen LogP) is 2.83. The van der Waals surface area contributed by atoms with E-state index in [1.807, 2.05) is 4.68 Å². The van der Waals surface area contributed by atoms with Crippen LogP contribution in [-0.4, -0.2) is 50.2 Å². The van der Waals surface area contributed by atoms with Gasteiger partial charge in [-0.1, -0.05) is 25.7 Å². The predicted molar refractivity (Wildman–Crippen MR) is 101 cm³/mol. The van der Waals surface area contributed by atoms with Crippen molar-refractivity contribution in [3.05, 3.63) is 12.5 Å². The Bertz CT molecular complexity index is 744. The van der Waals surface area contributed by atoms with Gasteiger partial charge in [-0.15, -0.1) is 0 Å².